The van der Waals surface area contributed by atoms with Crippen molar-refractivity contribution in [1.82, 2.24) is 16.0 Å². The number of benzene rings is 1. The molecule has 0 saturated carbocycles. The van der Waals surface area contributed by atoms with Crippen LogP contribution in [0.5, 0.6) is 0 Å². The van der Waals surface area contributed by atoms with Gasteiger partial charge in [-0.15, -0.1) is 0 Å². The van der Waals surface area contributed by atoms with E-state index < -0.39 is 24.1 Å². The summed E-state index contributed by atoms with van der Waals surface area (Å²) >= 11 is 0. The van der Waals surface area contributed by atoms with Crippen molar-refractivity contribution in [3.63, 3.8) is 0 Å². The number of carbonyl (C=O) groups excluding carboxylic acids is 3. The largest absolute Gasteiger partial charge is 0.391 e. The number of rotatable bonds is 9. The Morgan fingerprint density at radius 2 is 1.89 bits per heavy atom. The van der Waals surface area contributed by atoms with Crippen molar-refractivity contribution in [2.24, 2.45) is 11.7 Å². The van der Waals surface area contributed by atoms with Gasteiger partial charge in [0.25, 0.3) is 0 Å². The number of carbonyl (C=O) groups is 3. The monoisotopic (exact) mass is 390 g/mol. The first-order valence-electron chi connectivity index (χ1n) is 9.60. The Balaban J connectivity index is 2.07. The molecule has 0 radical (unpaired) electrons. The molecule has 0 spiro atoms. The zero-order valence-corrected chi connectivity index (χ0v) is 16.4. The molecule has 8 heteroatoms. The highest BCUT2D eigenvalue weighted by molar-refractivity contribution is 5.93. The highest BCUT2D eigenvalue weighted by Gasteiger charge is 2.37. The van der Waals surface area contributed by atoms with Crippen molar-refractivity contribution >= 4 is 17.6 Å². The number of aliphatic hydroxyl groups is 1. The van der Waals surface area contributed by atoms with Gasteiger partial charge < -0.3 is 26.8 Å². The Morgan fingerprint density at radius 3 is 2.46 bits per heavy atom. The van der Waals surface area contributed by atoms with Crippen LogP contribution >= 0.6 is 0 Å². The maximum Gasteiger partial charge on any atom is 0.245 e. The SMILES string of the molecule is CC(=O)[C@H](CCN)NC(=O)[C@@H](NC(=O)C1CNC[C@@H]1c1ccccc1)[C@H](C)O. The molecule has 2 amide bonds. The molecule has 28 heavy (non-hydrogen) atoms. The molecule has 1 aliphatic rings. The number of ketones is 1. The van der Waals surface area contributed by atoms with Gasteiger partial charge in [0.05, 0.1) is 18.1 Å². The smallest absolute Gasteiger partial charge is 0.245 e. The van der Waals surface area contributed by atoms with Crippen LogP contribution in [0.2, 0.25) is 0 Å². The molecule has 0 aliphatic carbocycles. The van der Waals surface area contributed by atoms with E-state index in [0.717, 1.165) is 5.56 Å². The predicted octanol–water partition coefficient (Wildman–Crippen LogP) is -0.722. The fourth-order valence-electron chi connectivity index (χ4n) is 3.48. The van der Waals surface area contributed by atoms with Gasteiger partial charge in [-0.3, -0.25) is 14.4 Å². The summed E-state index contributed by atoms with van der Waals surface area (Å²) in [6, 6.07) is 7.83. The number of Topliss-reactive ketones (excluding diaryl/α,β-unsaturated/α-hetero) is 1. The molecule has 5 atom stereocenters. The maximum atomic E-state index is 12.9. The molecule has 1 aromatic carbocycles. The quantitative estimate of drug-likeness (QED) is 0.378. The average molecular weight is 390 g/mol. The maximum absolute atomic E-state index is 12.9. The highest BCUT2D eigenvalue weighted by Crippen LogP contribution is 2.28. The van der Waals surface area contributed by atoms with Crippen LogP contribution in [0.4, 0.5) is 0 Å². The summed E-state index contributed by atoms with van der Waals surface area (Å²) in [5, 5.41) is 18.5. The van der Waals surface area contributed by atoms with Crippen molar-refractivity contribution < 1.29 is 19.5 Å². The van der Waals surface area contributed by atoms with Crippen LogP contribution in [0.15, 0.2) is 30.3 Å². The third-order valence-electron chi connectivity index (χ3n) is 5.10. The lowest BCUT2D eigenvalue weighted by molar-refractivity contribution is -0.135. The molecule has 6 N–H and O–H groups in total. The number of amides is 2. The second kappa shape index (κ2) is 10.3. The van der Waals surface area contributed by atoms with Gasteiger partial charge in [-0.25, -0.2) is 0 Å². The Hall–Kier alpha value is -2.29. The Bertz CT molecular complexity index is 680. The zero-order chi connectivity index (χ0) is 20.7. The summed E-state index contributed by atoms with van der Waals surface area (Å²) in [7, 11) is 0. The van der Waals surface area contributed by atoms with Crippen molar-refractivity contribution in [3.8, 4) is 0 Å². The van der Waals surface area contributed by atoms with Gasteiger partial charge in [-0.1, -0.05) is 30.3 Å². The fraction of sp³-hybridized carbons (Fsp3) is 0.550. The van der Waals surface area contributed by atoms with Gasteiger partial charge in [-0.05, 0) is 32.4 Å². The molecule has 154 valence electrons. The lowest BCUT2D eigenvalue weighted by Gasteiger charge is -2.26. The molecular weight excluding hydrogens is 360 g/mol. The lowest BCUT2D eigenvalue weighted by atomic mass is 9.88. The van der Waals surface area contributed by atoms with E-state index in [9.17, 15) is 19.5 Å². The van der Waals surface area contributed by atoms with Crippen molar-refractivity contribution in [3.05, 3.63) is 35.9 Å². The summed E-state index contributed by atoms with van der Waals surface area (Å²) < 4.78 is 0. The van der Waals surface area contributed by atoms with E-state index in [0.29, 0.717) is 19.5 Å². The van der Waals surface area contributed by atoms with Gasteiger partial charge in [0, 0.05) is 19.0 Å². The highest BCUT2D eigenvalue weighted by atomic mass is 16.3. The number of aliphatic hydroxyl groups excluding tert-OH is 1. The van der Waals surface area contributed by atoms with E-state index in [-0.39, 0.29) is 30.1 Å². The first-order chi connectivity index (χ1) is 13.3. The third-order valence-corrected chi connectivity index (χ3v) is 5.10. The minimum atomic E-state index is -1.15. The Labute approximate surface area is 165 Å². The van der Waals surface area contributed by atoms with Crippen LogP contribution in [-0.2, 0) is 14.4 Å². The molecule has 1 aromatic rings. The van der Waals surface area contributed by atoms with E-state index in [1.807, 2.05) is 30.3 Å². The van der Waals surface area contributed by atoms with Gasteiger partial charge in [0.1, 0.15) is 6.04 Å². The molecule has 1 heterocycles. The van der Waals surface area contributed by atoms with Gasteiger partial charge in [0.2, 0.25) is 11.8 Å². The molecule has 0 bridgehead atoms. The zero-order valence-electron chi connectivity index (χ0n) is 16.4. The molecule has 1 unspecified atom stereocenters. The molecule has 1 saturated heterocycles. The molecule has 8 nitrogen and oxygen atoms in total. The second-order valence-corrected chi connectivity index (χ2v) is 7.26. The average Bonchev–Trinajstić information content (AvgIpc) is 3.15. The molecule has 2 rings (SSSR count). The molecule has 1 aliphatic heterocycles. The van der Waals surface area contributed by atoms with Crippen LogP contribution in [0.3, 0.4) is 0 Å². The fourth-order valence-corrected chi connectivity index (χ4v) is 3.48. The molecule has 0 aromatic heterocycles. The van der Waals surface area contributed by atoms with E-state index in [4.69, 9.17) is 5.73 Å². The van der Waals surface area contributed by atoms with E-state index >= 15 is 0 Å². The van der Waals surface area contributed by atoms with Crippen molar-refractivity contribution in [1.29, 1.82) is 0 Å². The molecular formula is C20H30N4O4. The summed E-state index contributed by atoms with van der Waals surface area (Å²) in [5.74, 6) is -1.50. The summed E-state index contributed by atoms with van der Waals surface area (Å²) in [4.78, 5) is 37.1. The van der Waals surface area contributed by atoms with E-state index in [1.54, 1.807) is 0 Å². The minimum absolute atomic E-state index is 0.0129. The number of hydrogen-bond donors (Lipinski definition) is 5. The second-order valence-electron chi connectivity index (χ2n) is 7.26. The summed E-state index contributed by atoms with van der Waals surface area (Å²) in [5.41, 5.74) is 6.53. The van der Waals surface area contributed by atoms with E-state index in [2.05, 4.69) is 16.0 Å². The normalized spacial score (nSPS) is 22.1. The topological polar surface area (TPSA) is 134 Å². The van der Waals surface area contributed by atoms with Gasteiger partial charge in [0.15, 0.2) is 5.78 Å². The predicted molar refractivity (Wildman–Crippen MR) is 105 cm³/mol. The summed E-state index contributed by atoms with van der Waals surface area (Å²) in [6.45, 7) is 4.19. The summed E-state index contributed by atoms with van der Waals surface area (Å²) in [6.07, 6.45) is -0.816. The van der Waals surface area contributed by atoms with Gasteiger partial charge in [-0.2, -0.15) is 0 Å². The van der Waals surface area contributed by atoms with Crippen LogP contribution < -0.4 is 21.7 Å². The van der Waals surface area contributed by atoms with E-state index in [1.165, 1.54) is 13.8 Å². The number of hydrogen-bond acceptors (Lipinski definition) is 6. The standard InChI is InChI=1S/C20H30N4O4/c1-12(25)17(8-9-21)23-20(28)18(13(2)26)24-19(27)16-11-22-10-15(16)14-6-4-3-5-7-14/h3-7,13,15-18,22,26H,8-11,21H2,1-2H3,(H,23,28)(H,24,27)/t13-,15+,16?,17-,18-/m0/s1. The Morgan fingerprint density at radius 1 is 1.21 bits per heavy atom. The van der Waals surface area contributed by atoms with Crippen molar-refractivity contribution in [2.45, 2.75) is 44.4 Å². The van der Waals surface area contributed by atoms with Crippen LogP contribution in [0, 0.1) is 5.92 Å². The molecule has 1 fully saturated rings. The first-order valence-corrected chi connectivity index (χ1v) is 9.60. The number of nitrogens with one attached hydrogen (secondary N) is 3. The first kappa shape index (κ1) is 22.0. The lowest BCUT2D eigenvalue weighted by Crippen LogP contribution is -2.57. The van der Waals surface area contributed by atoms with Crippen molar-refractivity contribution in [2.75, 3.05) is 19.6 Å². The van der Waals surface area contributed by atoms with Gasteiger partial charge >= 0.3 is 0 Å². The van der Waals surface area contributed by atoms with Crippen LogP contribution in [-0.4, -0.2) is 60.5 Å². The number of nitrogens with two attached hydrogens (primary N) is 1. The Kier molecular flexibility index (Phi) is 8.10. The third kappa shape index (κ3) is 5.60. The van der Waals surface area contributed by atoms with Crippen LogP contribution in [0.1, 0.15) is 31.7 Å². The van der Waals surface area contributed by atoms with Crippen LogP contribution in [0.25, 0.3) is 0 Å². The minimum Gasteiger partial charge on any atom is -0.391 e.